The second-order valence-electron chi connectivity index (χ2n) is 8.89. The minimum atomic E-state index is 0.132. The van der Waals surface area contributed by atoms with Gasteiger partial charge >= 0.3 is 0 Å². The van der Waals surface area contributed by atoms with Crippen molar-refractivity contribution in [1.29, 1.82) is 0 Å². The van der Waals surface area contributed by atoms with Crippen LogP contribution in [0.3, 0.4) is 0 Å². The van der Waals surface area contributed by atoms with Crippen LogP contribution in [0, 0.1) is 0 Å². The summed E-state index contributed by atoms with van der Waals surface area (Å²) in [5.74, 6) is 2.67. The van der Waals surface area contributed by atoms with Crippen LogP contribution in [0.2, 0.25) is 0 Å². The number of hydrogen-bond donors (Lipinski definition) is 1. The number of amides is 1. The van der Waals surface area contributed by atoms with Crippen LogP contribution in [0.15, 0.2) is 54.6 Å². The largest absolute Gasteiger partial charge is 0.494 e. The van der Waals surface area contributed by atoms with Gasteiger partial charge in [0.05, 0.1) is 12.4 Å². The Bertz CT molecular complexity index is 793. The van der Waals surface area contributed by atoms with Crippen molar-refractivity contribution in [3.63, 3.8) is 0 Å². The van der Waals surface area contributed by atoms with E-state index in [1.54, 1.807) is 11.8 Å². The Labute approximate surface area is 204 Å². The van der Waals surface area contributed by atoms with E-state index in [0.29, 0.717) is 18.9 Å². The van der Waals surface area contributed by atoms with E-state index in [2.05, 4.69) is 58.7 Å². The number of carbonyl (C=O) groups is 1. The van der Waals surface area contributed by atoms with E-state index >= 15 is 0 Å². The third kappa shape index (κ3) is 11.1. The molecule has 0 aliphatic carbocycles. The standard InChI is InChI=1S/C28H40N2O2S/c31-28(24-33-21-9-2-6-14-25-12-4-1-5-13-25)29-17-11-20-32-27-16-10-15-26(22-27)23-30-18-7-3-8-19-30/h1,4-5,10,12-13,15-16,22H,2-3,6-9,11,14,17-21,23-24H2,(H,29,31). The highest BCUT2D eigenvalue weighted by molar-refractivity contribution is 7.99. The molecule has 2 aromatic rings. The van der Waals surface area contributed by atoms with Crippen LogP contribution < -0.4 is 10.1 Å². The summed E-state index contributed by atoms with van der Waals surface area (Å²) >= 11 is 1.74. The SMILES string of the molecule is O=C(CSCCCCCc1ccccc1)NCCCOc1cccc(CN2CCCCC2)c1. The average Bonchev–Trinajstić information content (AvgIpc) is 2.85. The van der Waals surface area contributed by atoms with Crippen molar-refractivity contribution >= 4 is 17.7 Å². The van der Waals surface area contributed by atoms with Crippen molar-refractivity contribution in [1.82, 2.24) is 10.2 Å². The van der Waals surface area contributed by atoms with Gasteiger partial charge in [-0.15, -0.1) is 0 Å². The van der Waals surface area contributed by atoms with Gasteiger partial charge in [0.25, 0.3) is 0 Å². The number of nitrogens with zero attached hydrogens (tertiary/aromatic N) is 1. The van der Waals surface area contributed by atoms with E-state index < -0.39 is 0 Å². The van der Waals surface area contributed by atoms with Crippen LogP contribution in [0.5, 0.6) is 5.75 Å². The Balaban J connectivity index is 1.16. The summed E-state index contributed by atoms with van der Waals surface area (Å²) in [4.78, 5) is 14.5. The lowest BCUT2D eigenvalue weighted by Gasteiger charge is -2.26. The summed E-state index contributed by atoms with van der Waals surface area (Å²) in [6.45, 7) is 4.72. The quantitative estimate of drug-likeness (QED) is 0.340. The van der Waals surface area contributed by atoms with Gasteiger partial charge < -0.3 is 10.1 Å². The molecular formula is C28H40N2O2S. The maximum absolute atomic E-state index is 12.0. The number of ether oxygens (including phenoxy) is 1. The molecular weight excluding hydrogens is 428 g/mol. The zero-order valence-electron chi connectivity index (χ0n) is 20.0. The minimum Gasteiger partial charge on any atom is -0.494 e. The van der Waals surface area contributed by atoms with Crippen LogP contribution in [-0.4, -0.2) is 48.6 Å². The predicted octanol–water partition coefficient (Wildman–Crippen LogP) is 5.70. The molecule has 1 heterocycles. The van der Waals surface area contributed by atoms with Crippen molar-refractivity contribution in [3.8, 4) is 5.75 Å². The molecule has 1 aliphatic heterocycles. The van der Waals surface area contributed by atoms with Gasteiger partial charge in [0.1, 0.15) is 5.75 Å². The lowest BCUT2D eigenvalue weighted by atomic mass is 10.1. The minimum absolute atomic E-state index is 0.132. The number of aryl methyl sites for hydroxylation is 1. The molecule has 3 rings (SSSR count). The van der Waals surface area contributed by atoms with E-state index in [-0.39, 0.29) is 5.91 Å². The van der Waals surface area contributed by atoms with Crippen LogP contribution in [0.25, 0.3) is 0 Å². The van der Waals surface area contributed by atoms with Gasteiger partial charge in [-0.1, -0.05) is 55.3 Å². The fourth-order valence-corrected chi connectivity index (χ4v) is 5.01. The molecule has 0 radical (unpaired) electrons. The molecule has 5 heteroatoms. The van der Waals surface area contributed by atoms with Crippen LogP contribution >= 0.6 is 11.8 Å². The smallest absolute Gasteiger partial charge is 0.229 e. The number of benzene rings is 2. The molecule has 33 heavy (non-hydrogen) atoms. The first-order valence-corrected chi connectivity index (χ1v) is 13.8. The molecule has 0 spiro atoms. The number of rotatable bonds is 15. The molecule has 4 nitrogen and oxygen atoms in total. The summed E-state index contributed by atoms with van der Waals surface area (Å²) in [6.07, 6.45) is 9.59. The fourth-order valence-electron chi connectivity index (χ4n) is 4.17. The van der Waals surface area contributed by atoms with Crippen molar-refractivity contribution < 1.29 is 9.53 Å². The molecule has 2 aromatic carbocycles. The molecule has 0 atom stereocenters. The molecule has 1 aliphatic rings. The summed E-state index contributed by atoms with van der Waals surface area (Å²) < 4.78 is 5.91. The molecule has 1 amide bonds. The molecule has 1 fully saturated rings. The number of piperidine rings is 1. The van der Waals surface area contributed by atoms with E-state index in [0.717, 1.165) is 30.9 Å². The third-order valence-corrected chi connectivity index (χ3v) is 7.04. The first kappa shape index (κ1) is 25.6. The molecule has 0 bridgehead atoms. The second-order valence-corrected chi connectivity index (χ2v) is 9.99. The Hall–Kier alpha value is -1.98. The maximum atomic E-state index is 12.0. The van der Waals surface area contributed by atoms with Gasteiger partial charge in [-0.25, -0.2) is 0 Å². The van der Waals surface area contributed by atoms with Crippen molar-refractivity contribution in [2.75, 3.05) is 37.7 Å². The molecule has 0 unspecified atom stereocenters. The normalized spacial score (nSPS) is 14.2. The topological polar surface area (TPSA) is 41.6 Å². The highest BCUT2D eigenvalue weighted by atomic mass is 32.2. The number of carbonyl (C=O) groups excluding carboxylic acids is 1. The molecule has 0 aromatic heterocycles. The van der Waals surface area contributed by atoms with Gasteiger partial charge in [0.15, 0.2) is 0 Å². The summed E-state index contributed by atoms with van der Waals surface area (Å²) in [5.41, 5.74) is 2.73. The Morgan fingerprint density at radius 3 is 2.58 bits per heavy atom. The van der Waals surface area contributed by atoms with E-state index in [1.807, 2.05) is 6.07 Å². The molecule has 1 N–H and O–H groups in total. The van der Waals surface area contributed by atoms with Crippen molar-refractivity contribution in [3.05, 3.63) is 65.7 Å². The Morgan fingerprint density at radius 1 is 0.909 bits per heavy atom. The average molecular weight is 469 g/mol. The van der Waals surface area contributed by atoms with Crippen molar-refractivity contribution in [2.45, 2.75) is 57.9 Å². The molecule has 180 valence electrons. The van der Waals surface area contributed by atoms with Gasteiger partial charge in [-0.3, -0.25) is 9.69 Å². The maximum Gasteiger partial charge on any atom is 0.229 e. The summed E-state index contributed by atoms with van der Waals surface area (Å²) in [6, 6.07) is 19.1. The lowest BCUT2D eigenvalue weighted by Crippen LogP contribution is -2.29. The summed E-state index contributed by atoms with van der Waals surface area (Å²) in [7, 11) is 0. The van der Waals surface area contributed by atoms with Crippen molar-refractivity contribution in [2.24, 2.45) is 0 Å². The number of likely N-dealkylation sites (tertiary alicyclic amines) is 1. The molecule has 1 saturated heterocycles. The van der Waals surface area contributed by atoms with Crippen LogP contribution in [0.4, 0.5) is 0 Å². The second kappa shape index (κ2) is 15.8. The third-order valence-electron chi connectivity index (χ3n) is 6.00. The number of hydrogen-bond acceptors (Lipinski definition) is 4. The van der Waals surface area contributed by atoms with Crippen LogP contribution in [-0.2, 0) is 17.8 Å². The monoisotopic (exact) mass is 468 g/mol. The zero-order valence-corrected chi connectivity index (χ0v) is 20.8. The predicted molar refractivity (Wildman–Crippen MR) is 140 cm³/mol. The van der Waals surface area contributed by atoms with Crippen LogP contribution in [0.1, 0.15) is 56.1 Å². The highest BCUT2D eigenvalue weighted by Crippen LogP contribution is 2.17. The first-order chi connectivity index (χ1) is 16.3. The van der Waals surface area contributed by atoms with E-state index in [4.69, 9.17) is 4.74 Å². The zero-order chi connectivity index (χ0) is 23.0. The van der Waals surface area contributed by atoms with Gasteiger partial charge in [-0.2, -0.15) is 11.8 Å². The lowest BCUT2D eigenvalue weighted by molar-refractivity contribution is -0.118. The molecule has 0 saturated carbocycles. The summed E-state index contributed by atoms with van der Waals surface area (Å²) in [5, 5.41) is 3.01. The fraction of sp³-hybridized carbons (Fsp3) is 0.536. The van der Waals surface area contributed by atoms with Gasteiger partial charge in [0.2, 0.25) is 5.91 Å². The number of thioether (sulfide) groups is 1. The number of nitrogens with one attached hydrogen (secondary N) is 1. The van der Waals surface area contributed by atoms with E-state index in [9.17, 15) is 4.79 Å². The van der Waals surface area contributed by atoms with E-state index in [1.165, 1.54) is 62.7 Å². The highest BCUT2D eigenvalue weighted by Gasteiger charge is 2.10. The Morgan fingerprint density at radius 2 is 1.73 bits per heavy atom. The Kier molecular flexibility index (Phi) is 12.3. The van der Waals surface area contributed by atoms with Gasteiger partial charge in [-0.05, 0) is 80.6 Å². The number of unbranched alkanes of at least 4 members (excludes halogenated alkanes) is 2. The van der Waals surface area contributed by atoms with Gasteiger partial charge in [0, 0.05) is 13.1 Å². The first-order valence-electron chi connectivity index (χ1n) is 12.6.